The van der Waals surface area contributed by atoms with Crippen LogP contribution in [0.15, 0.2) is 73.1 Å². The number of pyridine rings is 1. The van der Waals surface area contributed by atoms with Gasteiger partial charge in [0, 0.05) is 74.2 Å². The number of hydrogen-bond donors (Lipinski definition) is 2. The van der Waals surface area contributed by atoms with Crippen molar-refractivity contribution >= 4 is 35.6 Å². The van der Waals surface area contributed by atoms with Gasteiger partial charge in [-0.3, -0.25) is 34.3 Å². The molecule has 0 saturated carbocycles. The predicted octanol–water partition coefficient (Wildman–Crippen LogP) is 6.10. The topological polar surface area (TPSA) is 132 Å². The van der Waals surface area contributed by atoms with E-state index in [1.54, 1.807) is 35.5 Å². The zero-order chi connectivity index (χ0) is 41.0. The number of carbonyl (C=O) groups is 5. The second-order valence-electron chi connectivity index (χ2n) is 16.4. The lowest BCUT2D eigenvalue weighted by Gasteiger charge is -2.33. The monoisotopic (exact) mass is 796 g/mol. The van der Waals surface area contributed by atoms with E-state index in [4.69, 9.17) is 0 Å². The average Bonchev–Trinajstić information content (AvgIpc) is 3.59. The standard InChI is InChI=1S/C48H56N6O5/c55-44(19-12-37-10-7-25-49-33-37)50-26-5-4-8-35-21-30-53(31-22-35)47(58)40-15-13-38(14-16-40)39-23-28-52(29-24-39)27-6-2-1-3-9-36-11-17-42-41(32-36)34-54(48(42)59)43-18-20-45(56)51-46(43)57/h7,10-17,19,25,32-33,35,39,43H,1-2,4-6,8,18,20-24,26-31,34H2,(H,50,55)(H,51,56,57)/b19-12+. The molecule has 0 aliphatic carbocycles. The van der Waals surface area contributed by atoms with Gasteiger partial charge < -0.3 is 20.0 Å². The lowest BCUT2D eigenvalue weighted by Crippen LogP contribution is -2.52. The summed E-state index contributed by atoms with van der Waals surface area (Å²) in [5.41, 5.74) is 5.37. The van der Waals surface area contributed by atoms with Crippen molar-refractivity contribution in [2.45, 2.75) is 95.6 Å². The Kier molecular flexibility index (Phi) is 14.4. The van der Waals surface area contributed by atoms with Gasteiger partial charge in [-0.15, -0.1) is 0 Å². The molecule has 4 aliphatic rings. The second-order valence-corrected chi connectivity index (χ2v) is 16.4. The Morgan fingerprint density at radius 3 is 2.47 bits per heavy atom. The van der Waals surface area contributed by atoms with Gasteiger partial charge in [0.25, 0.3) is 11.8 Å². The molecule has 0 radical (unpaired) electrons. The maximum atomic E-state index is 13.3. The summed E-state index contributed by atoms with van der Waals surface area (Å²) in [6, 6.07) is 17.2. The number of carbonyl (C=O) groups excluding carboxylic acids is 5. The van der Waals surface area contributed by atoms with E-state index < -0.39 is 11.9 Å². The van der Waals surface area contributed by atoms with Gasteiger partial charge in [0.1, 0.15) is 6.04 Å². The Bertz CT molecular complexity index is 2060. The number of piperidine rings is 3. The van der Waals surface area contributed by atoms with Gasteiger partial charge in [-0.1, -0.05) is 42.9 Å². The summed E-state index contributed by atoms with van der Waals surface area (Å²) in [6.45, 7) is 5.86. The molecule has 1 atom stereocenters. The number of rotatable bonds is 14. The molecule has 0 bridgehead atoms. The zero-order valence-corrected chi connectivity index (χ0v) is 34.0. The Labute approximate surface area is 348 Å². The molecule has 2 N–H and O–H groups in total. The van der Waals surface area contributed by atoms with Crippen molar-refractivity contribution in [1.29, 1.82) is 0 Å². The Morgan fingerprint density at radius 1 is 0.898 bits per heavy atom. The molecule has 7 rings (SSSR count). The molecule has 3 fully saturated rings. The molecule has 59 heavy (non-hydrogen) atoms. The van der Waals surface area contributed by atoms with E-state index in [2.05, 4.69) is 44.5 Å². The van der Waals surface area contributed by atoms with Crippen LogP contribution in [-0.4, -0.2) is 94.5 Å². The van der Waals surface area contributed by atoms with Crippen LogP contribution in [0.4, 0.5) is 0 Å². The van der Waals surface area contributed by atoms with Crippen molar-refractivity contribution in [2.24, 2.45) is 5.92 Å². The zero-order valence-electron chi connectivity index (χ0n) is 34.0. The molecule has 308 valence electrons. The molecule has 5 amide bonds. The van der Waals surface area contributed by atoms with Crippen molar-refractivity contribution < 1.29 is 24.0 Å². The van der Waals surface area contributed by atoms with Crippen LogP contribution in [0.3, 0.4) is 0 Å². The SMILES string of the molecule is O=C(/C=C/c1cccnc1)NCCCCC1CCN(C(=O)c2ccc(C3CCN(CCCCC#Cc4ccc5c(c4)CN(C4CCC(=O)NC4=O)C5=O)CC3)cc2)CC1. The third kappa shape index (κ3) is 11.3. The van der Waals surface area contributed by atoms with Crippen LogP contribution in [0.25, 0.3) is 6.08 Å². The molecule has 2 aromatic carbocycles. The number of unbranched alkanes of at least 4 members (excludes halogenated alkanes) is 3. The molecule has 11 nitrogen and oxygen atoms in total. The van der Waals surface area contributed by atoms with Gasteiger partial charge in [0.2, 0.25) is 17.7 Å². The van der Waals surface area contributed by atoms with E-state index in [9.17, 15) is 24.0 Å². The fourth-order valence-corrected chi connectivity index (χ4v) is 8.84. The van der Waals surface area contributed by atoms with Gasteiger partial charge in [0.15, 0.2) is 0 Å². The Hall–Kier alpha value is -5.60. The lowest BCUT2D eigenvalue weighted by molar-refractivity contribution is -0.137. The van der Waals surface area contributed by atoms with E-state index in [1.807, 2.05) is 41.3 Å². The number of nitrogens with zero attached hydrogens (tertiary/aromatic N) is 4. The van der Waals surface area contributed by atoms with Crippen LogP contribution in [0.5, 0.6) is 0 Å². The van der Waals surface area contributed by atoms with Gasteiger partial charge in [-0.05, 0) is 142 Å². The number of benzene rings is 2. The summed E-state index contributed by atoms with van der Waals surface area (Å²) in [7, 11) is 0. The summed E-state index contributed by atoms with van der Waals surface area (Å²) in [5.74, 6) is 6.92. The van der Waals surface area contributed by atoms with Crippen LogP contribution in [0.2, 0.25) is 0 Å². The first-order chi connectivity index (χ1) is 28.8. The van der Waals surface area contributed by atoms with Crippen molar-refractivity contribution in [3.8, 4) is 11.8 Å². The van der Waals surface area contributed by atoms with Gasteiger partial charge in [0.05, 0.1) is 0 Å². The van der Waals surface area contributed by atoms with Crippen molar-refractivity contribution in [3.05, 3.63) is 106 Å². The summed E-state index contributed by atoms with van der Waals surface area (Å²) in [6.07, 6.45) is 17.8. The number of fused-ring (bicyclic) bond motifs is 1. The molecular weight excluding hydrogens is 741 g/mol. The number of likely N-dealkylation sites (tertiary alicyclic amines) is 2. The van der Waals surface area contributed by atoms with Crippen molar-refractivity contribution in [1.82, 2.24) is 30.3 Å². The van der Waals surface area contributed by atoms with E-state index >= 15 is 0 Å². The van der Waals surface area contributed by atoms with Crippen LogP contribution in [0, 0.1) is 17.8 Å². The second kappa shape index (κ2) is 20.4. The van der Waals surface area contributed by atoms with Gasteiger partial charge in [-0.2, -0.15) is 0 Å². The first-order valence-electron chi connectivity index (χ1n) is 21.5. The molecule has 3 saturated heterocycles. The molecular formula is C48H56N6O5. The van der Waals surface area contributed by atoms with E-state index in [0.29, 0.717) is 36.9 Å². The van der Waals surface area contributed by atoms with Crippen molar-refractivity contribution in [2.75, 3.05) is 39.3 Å². The van der Waals surface area contributed by atoms with E-state index in [1.165, 1.54) is 5.56 Å². The first-order valence-corrected chi connectivity index (χ1v) is 21.5. The molecule has 5 heterocycles. The number of aromatic nitrogens is 1. The largest absolute Gasteiger partial charge is 0.353 e. The van der Waals surface area contributed by atoms with Crippen LogP contribution < -0.4 is 10.6 Å². The minimum Gasteiger partial charge on any atom is -0.353 e. The Morgan fingerprint density at radius 2 is 1.71 bits per heavy atom. The summed E-state index contributed by atoms with van der Waals surface area (Å²) in [5, 5.41) is 5.31. The number of nitrogens with one attached hydrogen (secondary N) is 2. The molecule has 1 unspecified atom stereocenters. The summed E-state index contributed by atoms with van der Waals surface area (Å²) >= 11 is 0. The fourth-order valence-electron chi connectivity index (χ4n) is 8.84. The maximum Gasteiger partial charge on any atom is 0.255 e. The van der Waals surface area contributed by atoms with Crippen LogP contribution in [-0.2, 0) is 20.9 Å². The minimum atomic E-state index is -0.609. The average molecular weight is 797 g/mol. The predicted molar refractivity (Wildman–Crippen MR) is 227 cm³/mol. The molecule has 0 spiro atoms. The third-order valence-corrected chi connectivity index (χ3v) is 12.4. The normalized spacial score (nSPS) is 19.1. The Balaban J connectivity index is 0.742. The highest BCUT2D eigenvalue weighted by atomic mass is 16.2. The highest BCUT2D eigenvalue weighted by molar-refractivity contribution is 6.05. The fraction of sp³-hybridized carbons (Fsp3) is 0.458. The summed E-state index contributed by atoms with van der Waals surface area (Å²) < 4.78 is 0. The molecule has 11 heteroatoms. The lowest BCUT2D eigenvalue weighted by atomic mass is 9.88. The maximum absolute atomic E-state index is 13.3. The highest BCUT2D eigenvalue weighted by Crippen LogP contribution is 2.30. The third-order valence-electron chi connectivity index (χ3n) is 12.4. The minimum absolute atomic E-state index is 0.0817. The smallest absolute Gasteiger partial charge is 0.255 e. The number of hydrogen-bond acceptors (Lipinski definition) is 7. The number of imide groups is 1. The van der Waals surface area contributed by atoms with Gasteiger partial charge >= 0.3 is 0 Å². The highest BCUT2D eigenvalue weighted by Gasteiger charge is 2.39. The first kappa shape index (κ1) is 41.6. The van der Waals surface area contributed by atoms with Crippen LogP contribution in [0.1, 0.15) is 126 Å². The quantitative estimate of drug-likeness (QED) is 0.0874. The van der Waals surface area contributed by atoms with Gasteiger partial charge in [-0.25, -0.2) is 0 Å². The number of amides is 5. The van der Waals surface area contributed by atoms with E-state index in [-0.39, 0.29) is 30.0 Å². The molecule has 3 aromatic rings. The van der Waals surface area contributed by atoms with E-state index in [0.717, 1.165) is 119 Å². The van der Waals surface area contributed by atoms with Crippen LogP contribution >= 0.6 is 0 Å². The summed E-state index contributed by atoms with van der Waals surface area (Å²) in [4.78, 5) is 72.4. The van der Waals surface area contributed by atoms with Crippen molar-refractivity contribution in [3.63, 3.8) is 0 Å². The molecule has 1 aromatic heterocycles. The molecule has 4 aliphatic heterocycles.